The minimum Gasteiger partial charge on any atom is -0.493 e. The molecule has 0 unspecified atom stereocenters. The predicted octanol–water partition coefficient (Wildman–Crippen LogP) is 3.41. The summed E-state index contributed by atoms with van der Waals surface area (Å²) in [4.78, 5) is 0. The standard InChI is InChI=1S/C18H20O4/c1-2-5-15(6-3-1)14-22-17-8-4-7-16(13-17)19-10-9-18-20-11-12-21-18/h1-8,13,18H,9-12,14H2. The Morgan fingerprint density at radius 1 is 0.864 bits per heavy atom. The van der Waals surface area contributed by atoms with Crippen molar-refractivity contribution in [3.8, 4) is 11.5 Å². The second-order valence-electron chi connectivity index (χ2n) is 5.06. The molecule has 4 heteroatoms. The van der Waals surface area contributed by atoms with E-state index in [1.165, 1.54) is 0 Å². The third kappa shape index (κ3) is 4.48. The van der Waals surface area contributed by atoms with Gasteiger partial charge in [-0.05, 0) is 17.7 Å². The fourth-order valence-electron chi connectivity index (χ4n) is 2.24. The smallest absolute Gasteiger partial charge is 0.161 e. The van der Waals surface area contributed by atoms with E-state index in [0.717, 1.165) is 23.5 Å². The highest BCUT2D eigenvalue weighted by Crippen LogP contribution is 2.21. The molecule has 1 saturated heterocycles. The minimum absolute atomic E-state index is 0.127. The van der Waals surface area contributed by atoms with Gasteiger partial charge in [-0.15, -0.1) is 0 Å². The van der Waals surface area contributed by atoms with Crippen LogP contribution in [0.2, 0.25) is 0 Å². The number of benzene rings is 2. The van der Waals surface area contributed by atoms with Crippen LogP contribution in [0.25, 0.3) is 0 Å². The Labute approximate surface area is 130 Å². The highest BCUT2D eigenvalue weighted by molar-refractivity contribution is 5.33. The molecule has 22 heavy (non-hydrogen) atoms. The van der Waals surface area contributed by atoms with Crippen molar-refractivity contribution in [2.75, 3.05) is 19.8 Å². The highest BCUT2D eigenvalue weighted by atomic mass is 16.7. The van der Waals surface area contributed by atoms with E-state index >= 15 is 0 Å². The molecular formula is C18H20O4. The molecule has 2 aromatic rings. The molecule has 0 bridgehead atoms. The number of ether oxygens (including phenoxy) is 4. The molecule has 0 radical (unpaired) electrons. The van der Waals surface area contributed by atoms with Crippen LogP contribution in [-0.4, -0.2) is 26.1 Å². The zero-order valence-corrected chi connectivity index (χ0v) is 12.4. The van der Waals surface area contributed by atoms with Gasteiger partial charge in [0.15, 0.2) is 6.29 Å². The Hall–Kier alpha value is -2.04. The molecule has 1 aliphatic rings. The molecule has 0 saturated carbocycles. The van der Waals surface area contributed by atoms with Crippen molar-refractivity contribution in [3.05, 3.63) is 60.2 Å². The van der Waals surface area contributed by atoms with Crippen LogP contribution < -0.4 is 9.47 Å². The van der Waals surface area contributed by atoms with Gasteiger partial charge in [0.25, 0.3) is 0 Å². The van der Waals surface area contributed by atoms with Gasteiger partial charge in [0, 0.05) is 12.5 Å². The van der Waals surface area contributed by atoms with Crippen molar-refractivity contribution in [1.82, 2.24) is 0 Å². The number of hydrogen-bond acceptors (Lipinski definition) is 4. The third-order valence-electron chi connectivity index (χ3n) is 3.37. The van der Waals surface area contributed by atoms with E-state index in [4.69, 9.17) is 18.9 Å². The second-order valence-corrected chi connectivity index (χ2v) is 5.06. The number of hydrogen-bond donors (Lipinski definition) is 0. The van der Waals surface area contributed by atoms with Gasteiger partial charge in [-0.2, -0.15) is 0 Å². The highest BCUT2D eigenvalue weighted by Gasteiger charge is 2.15. The molecule has 0 aromatic heterocycles. The largest absolute Gasteiger partial charge is 0.493 e. The predicted molar refractivity (Wildman–Crippen MR) is 83.0 cm³/mol. The SMILES string of the molecule is c1ccc(COc2cccc(OCCC3OCCO3)c2)cc1. The van der Waals surface area contributed by atoms with Gasteiger partial charge in [-0.3, -0.25) is 0 Å². The summed E-state index contributed by atoms with van der Waals surface area (Å²) in [5.41, 5.74) is 1.14. The summed E-state index contributed by atoms with van der Waals surface area (Å²) in [5, 5.41) is 0. The Kier molecular flexibility index (Phi) is 5.29. The maximum atomic E-state index is 5.78. The van der Waals surface area contributed by atoms with Crippen molar-refractivity contribution < 1.29 is 18.9 Å². The Balaban J connectivity index is 1.47. The molecule has 0 atom stereocenters. The Morgan fingerprint density at radius 3 is 2.36 bits per heavy atom. The topological polar surface area (TPSA) is 36.9 Å². The van der Waals surface area contributed by atoms with E-state index in [-0.39, 0.29) is 6.29 Å². The van der Waals surface area contributed by atoms with Crippen molar-refractivity contribution in [1.29, 1.82) is 0 Å². The van der Waals surface area contributed by atoms with Crippen LogP contribution in [0.15, 0.2) is 54.6 Å². The van der Waals surface area contributed by atoms with Crippen molar-refractivity contribution in [2.45, 2.75) is 19.3 Å². The van der Waals surface area contributed by atoms with Gasteiger partial charge in [-0.1, -0.05) is 36.4 Å². The molecule has 116 valence electrons. The van der Waals surface area contributed by atoms with E-state index in [1.54, 1.807) is 0 Å². The summed E-state index contributed by atoms with van der Waals surface area (Å²) in [7, 11) is 0. The van der Waals surface area contributed by atoms with Crippen LogP contribution in [0.1, 0.15) is 12.0 Å². The van der Waals surface area contributed by atoms with Crippen LogP contribution in [0, 0.1) is 0 Å². The molecule has 0 N–H and O–H groups in total. The van der Waals surface area contributed by atoms with Gasteiger partial charge < -0.3 is 18.9 Å². The van der Waals surface area contributed by atoms with Crippen molar-refractivity contribution in [2.24, 2.45) is 0 Å². The summed E-state index contributed by atoms with van der Waals surface area (Å²) in [6.45, 7) is 2.46. The Bertz CT molecular complexity index is 564. The molecular weight excluding hydrogens is 280 g/mol. The lowest BCUT2D eigenvalue weighted by atomic mass is 10.2. The first-order chi connectivity index (χ1) is 10.9. The fourth-order valence-corrected chi connectivity index (χ4v) is 2.24. The monoisotopic (exact) mass is 300 g/mol. The molecule has 4 nitrogen and oxygen atoms in total. The second kappa shape index (κ2) is 7.82. The normalized spacial score (nSPS) is 14.9. The lowest BCUT2D eigenvalue weighted by molar-refractivity contribution is -0.0531. The lowest BCUT2D eigenvalue weighted by Crippen LogP contribution is -2.12. The van der Waals surface area contributed by atoms with E-state index < -0.39 is 0 Å². The van der Waals surface area contributed by atoms with E-state index in [1.807, 2.05) is 54.6 Å². The maximum absolute atomic E-state index is 5.78. The van der Waals surface area contributed by atoms with E-state index in [9.17, 15) is 0 Å². The zero-order valence-electron chi connectivity index (χ0n) is 12.4. The molecule has 0 amide bonds. The molecule has 1 aliphatic heterocycles. The molecule has 2 aromatic carbocycles. The van der Waals surface area contributed by atoms with Gasteiger partial charge in [-0.25, -0.2) is 0 Å². The molecule has 3 rings (SSSR count). The van der Waals surface area contributed by atoms with Crippen LogP contribution in [0.4, 0.5) is 0 Å². The van der Waals surface area contributed by atoms with Crippen molar-refractivity contribution in [3.63, 3.8) is 0 Å². The summed E-state index contributed by atoms with van der Waals surface area (Å²) >= 11 is 0. The molecule has 0 aliphatic carbocycles. The van der Waals surface area contributed by atoms with Gasteiger partial charge in [0.05, 0.1) is 19.8 Å². The summed E-state index contributed by atoms with van der Waals surface area (Å²) in [6, 6.07) is 17.8. The van der Waals surface area contributed by atoms with Crippen LogP contribution >= 0.6 is 0 Å². The summed E-state index contributed by atoms with van der Waals surface area (Å²) in [6.07, 6.45) is 0.604. The Morgan fingerprint density at radius 2 is 1.59 bits per heavy atom. The fraction of sp³-hybridized carbons (Fsp3) is 0.333. The minimum atomic E-state index is -0.127. The van der Waals surface area contributed by atoms with Gasteiger partial charge in [0.2, 0.25) is 0 Å². The molecule has 1 fully saturated rings. The zero-order chi connectivity index (χ0) is 15.0. The van der Waals surface area contributed by atoms with Crippen molar-refractivity contribution >= 4 is 0 Å². The van der Waals surface area contributed by atoms with Crippen LogP contribution in [-0.2, 0) is 16.1 Å². The summed E-state index contributed by atoms with van der Waals surface area (Å²) in [5.74, 6) is 1.60. The van der Waals surface area contributed by atoms with E-state index in [0.29, 0.717) is 26.4 Å². The lowest BCUT2D eigenvalue weighted by Gasteiger charge is -2.11. The first-order valence-electron chi connectivity index (χ1n) is 7.53. The average Bonchev–Trinajstić information content (AvgIpc) is 3.08. The first-order valence-corrected chi connectivity index (χ1v) is 7.53. The maximum Gasteiger partial charge on any atom is 0.161 e. The molecule has 0 spiro atoms. The number of rotatable bonds is 7. The quantitative estimate of drug-likeness (QED) is 0.785. The van der Waals surface area contributed by atoms with Crippen LogP contribution in [0.5, 0.6) is 11.5 Å². The van der Waals surface area contributed by atoms with Gasteiger partial charge in [0.1, 0.15) is 18.1 Å². The van der Waals surface area contributed by atoms with E-state index in [2.05, 4.69) is 0 Å². The average molecular weight is 300 g/mol. The summed E-state index contributed by atoms with van der Waals surface area (Å²) < 4.78 is 22.3. The van der Waals surface area contributed by atoms with Gasteiger partial charge >= 0.3 is 0 Å². The molecule has 1 heterocycles. The van der Waals surface area contributed by atoms with Crippen LogP contribution in [0.3, 0.4) is 0 Å². The first kappa shape index (κ1) is 14.9. The third-order valence-corrected chi connectivity index (χ3v) is 3.37.